The number of carbonyl (C=O) groups excluding carboxylic acids is 1. The van der Waals surface area contributed by atoms with Crippen LogP contribution in [0.15, 0.2) is 43.0 Å². The van der Waals surface area contributed by atoms with E-state index in [1.165, 1.54) is 17.2 Å². The van der Waals surface area contributed by atoms with E-state index in [0.29, 0.717) is 5.75 Å². The first kappa shape index (κ1) is 19.2. The molecule has 4 atom stereocenters. The van der Waals surface area contributed by atoms with Crippen LogP contribution in [-0.2, 0) is 9.53 Å². The second kappa shape index (κ2) is 8.09. The van der Waals surface area contributed by atoms with Gasteiger partial charge in [0.05, 0.1) is 12.9 Å². The number of aliphatic hydroxyl groups excluding tert-OH is 3. The molecule has 1 fully saturated rings. The van der Waals surface area contributed by atoms with Crippen LogP contribution in [0.2, 0.25) is 0 Å². The van der Waals surface area contributed by atoms with Crippen LogP contribution in [0.1, 0.15) is 6.23 Å². The Balaban J connectivity index is 1.51. The number of nitrogens with one attached hydrogen (secondary N) is 1. The van der Waals surface area contributed by atoms with Gasteiger partial charge in [-0.3, -0.25) is 9.36 Å². The van der Waals surface area contributed by atoms with Crippen LogP contribution in [0.4, 0.5) is 5.82 Å². The fraction of sp³-hybridized carbons (Fsp3) is 0.333. The lowest BCUT2D eigenvalue weighted by molar-refractivity contribution is -0.118. The maximum Gasteiger partial charge on any atom is 0.263 e. The largest absolute Gasteiger partial charge is 0.484 e. The van der Waals surface area contributed by atoms with E-state index >= 15 is 0 Å². The van der Waals surface area contributed by atoms with Crippen molar-refractivity contribution in [2.75, 3.05) is 18.5 Å². The monoisotopic (exact) mass is 401 g/mol. The molecule has 0 radical (unpaired) electrons. The number of carbonyl (C=O) groups is 1. The highest BCUT2D eigenvalue weighted by molar-refractivity contribution is 5.97. The molecule has 0 bridgehead atoms. The van der Waals surface area contributed by atoms with E-state index in [1.807, 2.05) is 6.07 Å². The van der Waals surface area contributed by atoms with Gasteiger partial charge in [0.1, 0.15) is 30.4 Å². The van der Waals surface area contributed by atoms with Gasteiger partial charge in [-0.05, 0) is 12.1 Å². The highest BCUT2D eigenvalue weighted by Crippen LogP contribution is 2.32. The summed E-state index contributed by atoms with van der Waals surface area (Å²) >= 11 is 0. The zero-order valence-electron chi connectivity index (χ0n) is 15.1. The van der Waals surface area contributed by atoms with Crippen LogP contribution in [0.3, 0.4) is 0 Å². The van der Waals surface area contributed by atoms with Crippen LogP contribution < -0.4 is 10.1 Å². The highest BCUT2D eigenvalue weighted by Gasteiger charge is 2.44. The summed E-state index contributed by atoms with van der Waals surface area (Å²) in [7, 11) is 0. The number of benzene rings is 1. The first-order valence-corrected chi connectivity index (χ1v) is 8.86. The number of anilines is 1. The average molecular weight is 401 g/mol. The van der Waals surface area contributed by atoms with Crippen LogP contribution in [0, 0.1) is 0 Å². The molecule has 3 aromatic rings. The van der Waals surface area contributed by atoms with Gasteiger partial charge in [0.2, 0.25) is 0 Å². The van der Waals surface area contributed by atoms with Gasteiger partial charge in [0.15, 0.2) is 29.8 Å². The lowest BCUT2D eigenvalue weighted by Crippen LogP contribution is -2.33. The summed E-state index contributed by atoms with van der Waals surface area (Å²) in [6.45, 7) is -0.663. The first-order chi connectivity index (χ1) is 14.1. The molecule has 11 nitrogen and oxygen atoms in total. The summed E-state index contributed by atoms with van der Waals surface area (Å²) in [5, 5.41) is 32.0. The maximum absolute atomic E-state index is 12.2. The molecular weight excluding hydrogens is 382 g/mol. The molecule has 0 spiro atoms. The molecule has 29 heavy (non-hydrogen) atoms. The molecule has 4 rings (SSSR count). The smallest absolute Gasteiger partial charge is 0.263 e. The van der Waals surface area contributed by atoms with Crippen molar-refractivity contribution in [2.24, 2.45) is 0 Å². The van der Waals surface area contributed by atoms with Crippen molar-refractivity contribution in [1.82, 2.24) is 19.5 Å². The molecule has 1 aliphatic heterocycles. The lowest BCUT2D eigenvalue weighted by atomic mass is 10.1. The molecule has 1 unspecified atom stereocenters. The van der Waals surface area contributed by atoms with Crippen LogP contribution in [0.25, 0.3) is 11.2 Å². The Hall–Kier alpha value is -3.12. The van der Waals surface area contributed by atoms with Crippen molar-refractivity contribution in [3.8, 4) is 5.75 Å². The SMILES string of the molecule is O=C(COc1ccccc1)Nc1ncnc2c1ncn2[C@@H]1O[C@H](CO)C(O)[C@@H]1O. The maximum atomic E-state index is 12.2. The second-order valence-electron chi connectivity index (χ2n) is 6.43. The number of para-hydroxylation sites is 1. The standard InChI is InChI=1S/C18H19N5O6/c24-6-11-14(26)15(27)18(29-11)23-9-21-13-16(19-8-20-17(13)23)22-12(25)7-28-10-4-2-1-3-5-10/h1-5,8-9,11,14-15,18,24,26-27H,6-7H2,(H,19,20,22,25)/t11-,14?,15+,18-/m1/s1. The minimum atomic E-state index is -1.28. The zero-order chi connectivity index (χ0) is 20.4. The predicted molar refractivity (Wildman–Crippen MR) is 98.9 cm³/mol. The Kier molecular flexibility index (Phi) is 5.36. The molecule has 11 heteroatoms. The molecule has 4 N–H and O–H groups in total. The molecule has 1 amide bonds. The van der Waals surface area contributed by atoms with E-state index in [2.05, 4.69) is 20.3 Å². The first-order valence-electron chi connectivity index (χ1n) is 8.86. The molecule has 1 aliphatic rings. The van der Waals surface area contributed by atoms with Crippen molar-refractivity contribution >= 4 is 22.9 Å². The van der Waals surface area contributed by atoms with E-state index in [-0.39, 0.29) is 23.6 Å². The van der Waals surface area contributed by atoms with E-state index in [0.717, 1.165) is 0 Å². The summed E-state index contributed by atoms with van der Waals surface area (Å²) < 4.78 is 12.3. The number of fused-ring (bicyclic) bond motifs is 1. The normalized spacial score (nSPS) is 24.0. The molecule has 1 saturated heterocycles. The van der Waals surface area contributed by atoms with E-state index in [9.17, 15) is 20.1 Å². The van der Waals surface area contributed by atoms with Gasteiger partial charge in [0, 0.05) is 0 Å². The number of nitrogens with zero attached hydrogens (tertiary/aromatic N) is 4. The Morgan fingerprint density at radius 2 is 1.97 bits per heavy atom. The van der Waals surface area contributed by atoms with Gasteiger partial charge >= 0.3 is 0 Å². The van der Waals surface area contributed by atoms with Crippen molar-refractivity contribution < 1.29 is 29.6 Å². The number of hydrogen-bond acceptors (Lipinski definition) is 9. The lowest BCUT2D eigenvalue weighted by Gasteiger charge is -2.16. The van der Waals surface area contributed by atoms with Crippen LogP contribution >= 0.6 is 0 Å². The number of rotatable bonds is 6. The summed E-state index contributed by atoms with van der Waals surface area (Å²) in [5.41, 5.74) is 0.562. The number of imidazole rings is 1. The molecular formula is C18H19N5O6. The summed E-state index contributed by atoms with van der Waals surface area (Å²) in [6.07, 6.45) is -1.86. The van der Waals surface area contributed by atoms with Crippen LogP contribution in [0.5, 0.6) is 5.75 Å². The molecule has 1 aromatic carbocycles. The molecule has 0 saturated carbocycles. The molecule has 3 heterocycles. The molecule has 0 aliphatic carbocycles. The molecule has 152 valence electrons. The zero-order valence-corrected chi connectivity index (χ0v) is 15.1. The van der Waals surface area contributed by atoms with Crippen molar-refractivity contribution in [3.05, 3.63) is 43.0 Å². The Labute approximate surface area is 164 Å². The fourth-order valence-electron chi connectivity index (χ4n) is 3.07. The molecule has 2 aromatic heterocycles. The number of amides is 1. The van der Waals surface area contributed by atoms with Crippen molar-refractivity contribution in [1.29, 1.82) is 0 Å². The third-order valence-corrected chi connectivity index (χ3v) is 4.52. The van der Waals surface area contributed by atoms with Crippen molar-refractivity contribution in [2.45, 2.75) is 24.5 Å². The van der Waals surface area contributed by atoms with Gasteiger partial charge in [-0.2, -0.15) is 0 Å². The topological polar surface area (TPSA) is 152 Å². The quantitative estimate of drug-likeness (QED) is 0.426. The third kappa shape index (κ3) is 3.76. The Morgan fingerprint density at radius 1 is 1.17 bits per heavy atom. The van der Waals surface area contributed by atoms with Crippen molar-refractivity contribution in [3.63, 3.8) is 0 Å². The Bertz CT molecular complexity index is 997. The fourth-order valence-corrected chi connectivity index (χ4v) is 3.07. The van der Waals surface area contributed by atoms with Gasteiger partial charge < -0.3 is 30.1 Å². The summed E-state index contributed by atoms with van der Waals surface area (Å²) in [6, 6.07) is 8.91. The second-order valence-corrected chi connectivity index (χ2v) is 6.43. The Morgan fingerprint density at radius 3 is 2.69 bits per heavy atom. The number of ether oxygens (including phenoxy) is 2. The number of aliphatic hydroxyl groups is 3. The minimum absolute atomic E-state index is 0.169. The van der Waals surface area contributed by atoms with Gasteiger partial charge in [-0.15, -0.1) is 0 Å². The highest BCUT2D eigenvalue weighted by atomic mass is 16.6. The number of aromatic nitrogens is 4. The van der Waals surface area contributed by atoms with Gasteiger partial charge in [-0.1, -0.05) is 18.2 Å². The van der Waals surface area contributed by atoms with Crippen LogP contribution in [-0.4, -0.2) is 72.3 Å². The van der Waals surface area contributed by atoms with Gasteiger partial charge in [-0.25, -0.2) is 15.0 Å². The van der Waals surface area contributed by atoms with Gasteiger partial charge in [0.25, 0.3) is 5.91 Å². The minimum Gasteiger partial charge on any atom is -0.484 e. The van der Waals surface area contributed by atoms with E-state index in [1.54, 1.807) is 24.3 Å². The average Bonchev–Trinajstić information content (AvgIpc) is 3.29. The van der Waals surface area contributed by atoms with E-state index in [4.69, 9.17) is 9.47 Å². The van der Waals surface area contributed by atoms with E-state index < -0.39 is 37.1 Å². The summed E-state index contributed by atoms with van der Waals surface area (Å²) in [4.78, 5) is 24.6. The summed E-state index contributed by atoms with van der Waals surface area (Å²) in [5.74, 6) is 0.294. The number of hydrogen-bond donors (Lipinski definition) is 4. The third-order valence-electron chi connectivity index (χ3n) is 4.52. The predicted octanol–water partition coefficient (Wildman–Crippen LogP) is -0.545.